The summed E-state index contributed by atoms with van der Waals surface area (Å²) >= 11 is 0. The van der Waals surface area contributed by atoms with E-state index in [4.69, 9.17) is 9.47 Å². The third kappa shape index (κ3) is 2.70. The van der Waals surface area contributed by atoms with Crippen molar-refractivity contribution in [3.63, 3.8) is 0 Å². The predicted molar refractivity (Wildman–Crippen MR) is 77.8 cm³/mol. The lowest BCUT2D eigenvalue weighted by molar-refractivity contribution is -0.143. The quantitative estimate of drug-likeness (QED) is 0.927. The summed E-state index contributed by atoms with van der Waals surface area (Å²) in [6.07, 6.45) is 3.55. The fourth-order valence-electron chi connectivity index (χ4n) is 3.43. The topological polar surface area (TPSA) is 59.0 Å². The molecule has 1 aromatic rings. The standard InChI is InChI=1S/C16H21NO4/c1-20-11-6-7-12-13(5-3-9-21-15(12)10-11)17-8-2-4-14(17)16(18)19/h6-7,10,13-14H,2-5,8-9H2,1H3,(H,18,19). The number of fused-ring (bicyclic) bond motifs is 1. The van der Waals surface area contributed by atoms with E-state index >= 15 is 0 Å². The van der Waals surface area contributed by atoms with Crippen molar-refractivity contribution in [2.24, 2.45) is 0 Å². The molecule has 2 unspecified atom stereocenters. The first-order valence-electron chi connectivity index (χ1n) is 7.50. The minimum atomic E-state index is -0.715. The van der Waals surface area contributed by atoms with E-state index in [0.29, 0.717) is 6.61 Å². The summed E-state index contributed by atoms with van der Waals surface area (Å²) < 4.78 is 11.1. The number of likely N-dealkylation sites (tertiary alicyclic amines) is 1. The van der Waals surface area contributed by atoms with Crippen LogP contribution in [0.2, 0.25) is 0 Å². The third-order valence-corrected chi connectivity index (χ3v) is 4.44. The van der Waals surface area contributed by atoms with Crippen molar-refractivity contribution in [3.8, 4) is 11.5 Å². The second-order valence-corrected chi connectivity index (χ2v) is 5.64. The Morgan fingerprint density at radius 1 is 1.38 bits per heavy atom. The molecule has 1 aromatic carbocycles. The fourth-order valence-corrected chi connectivity index (χ4v) is 3.43. The van der Waals surface area contributed by atoms with Crippen molar-refractivity contribution < 1.29 is 19.4 Å². The van der Waals surface area contributed by atoms with Crippen LogP contribution in [0.25, 0.3) is 0 Å². The molecule has 1 N–H and O–H groups in total. The van der Waals surface area contributed by atoms with Gasteiger partial charge in [-0.3, -0.25) is 9.69 Å². The number of hydrogen-bond acceptors (Lipinski definition) is 4. The zero-order valence-electron chi connectivity index (χ0n) is 12.2. The van der Waals surface area contributed by atoms with Gasteiger partial charge in [-0.05, 0) is 38.3 Å². The molecule has 0 amide bonds. The predicted octanol–water partition coefficient (Wildman–Crippen LogP) is 2.46. The van der Waals surface area contributed by atoms with Crippen LogP contribution in [0.1, 0.15) is 37.3 Å². The summed E-state index contributed by atoms with van der Waals surface area (Å²) in [6, 6.07) is 5.59. The molecule has 0 aromatic heterocycles. The minimum absolute atomic E-state index is 0.122. The largest absolute Gasteiger partial charge is 0.497 e. The van der Waals surface area contributed by atoms with Crippen molar-refractivity contribution in [2.45, 2.75) is 37.8 Å². The van der Waals surface area contributed by atoms with Gasteiger partial charge in [0.1, 0.15) is 17.5 Å². The number of nitrogens with zero attached hydrogens (tertiary/aromatic N) is 1. The van der Waals surface area contributed by atoms with Crippen LogP contribution >= 0.6 is 0 Å². The molecule has 21 heavy (non-hydrogen) atoms. The summed E-state index contributed by atoms with van der Waals surface area (Å²) in [5, 5.41) is 9.42. The first-order chi connectivity index (χ1) is 10.2. The summed E-state index contributed by atoms with van der Waals surface area (Å²) in [6.45, 7) is 1.51. The second-order valence-electron chi connectivity index (χ2n) is 5.64. The van der Waals surface area contributed by atoms with Gasteiger partial charge in [-0.1, -0.05) is 6.07 Å². The molecule has 1 fully saturated rings. The van der Waals surface area contributed by atoms with Crippen LogP contribution in [0.4, 0.5) is 0 Å². The number of rotatable bonds is 3. The first-order valence-corrected chi connectivity index (χ1v) is 7.50. The maximum absolute atomic E-state index is 11.5. The Morgan fingerprint density at radius 3 is 3.00 bits per heavy atom. The second kappa shape index (κ2) is 5.93. The number of aliphatic carboxylic acids is 1. The third-order valence-electron chi connectivity index (χ3n) is 4.44. The highest BCUT2D eigenvalue weighted by molar-refractivity contribution is 5.74. The molecule has 0 bridgehead atoms. The number of carboxylic acids is 1. The van der Waals surface area contributed by atoms with Crippen molar-refractivity contribution in [3.05, 3.63) is 23.8 Å². The first kappa shape index (κ1) is 14.2. The maximum atomic E-state index is 11.5. The van der Waals surface area contributed by atoms with Crippen molar-refractivity contribution in [1.82, 2.24) is 4.90 Å². The van der Waals surface area contributed by atoms with Gasteiger partial charge in [-0.2, -0.15) is 0 Å². The highest BCUT2D eigenvalue weighted by atomic mass is 16.5. The average molecular weight is 291 g/mol. The molecule has 0 aliphatic carbocycles. The number of hydrogen-bond donors (Lipinski definition) is 1. The molecule has 2 aliphatic rings. The number of carbonyl (C=O) groups is 1. The van der Waals surface area contributed by atoms with Gasteiger partial charge in [0.25, 0.3) is 0 Å². The maximum Gasteiger partial charge on any atom is 0.320 e. The van der Waals surface area contributed by atoms with Crippen LogP contribution in [0, 0.1) is 0 Å². The summed E-state index contributed by atoms with van der Waals surface area (Å²) in [4.78, 5) is 13.6. The molecule has 2 heterocycles. The van der Waals surface area contributed by atoms with Gasteiger partial charge in [-0.15, -0.1) is 0 Å². The fraction of sp³-hybridized carbons (Fsp3) is 0.562. The van der Waals surface area contributed by atoms with Crippen LogP contribution < -0.4 is 9.47 Å². The summed E-state index contributed by atoms with van der Waals surface area (Å²) in [7, 11) is 1.64. The van der Waals surface area contributed by atoms with E-state index in [1.807, 2.05) is 18.2 Å². The molecular weight excluding hydrogens is 270 g/mol. The van der Waals surface area contributed by atoms with E-state index in [1.165, 1.54) is 0 Å². The average Bonchev–Trinajstić information content (AvgIpc) is 2.88. The number of carboxylic acid groups (broad SMARTS) is 1. The monoisotopic (exact) mass is 291 g/mol. The van der Waals surface area contributed by atoms with E-state index in [2.05, 4.69) is 4.90 Å². The Kier molecular flexibility index (Phi) is 4.01. The van der Waals surface area contributed by atoms with Gasteiger partial charge in [0.15, 0.2) is 0 Å². The zero-order valence-corrected chi connectivity index (χ0v) is 12.2. The number of benzene rings is 1. The lowest BCUT2D eigenvalue weighted by Gasteiger charge is -2.31. The molecular formula is C16H21NO4. The number of methoxy groups -OCH3 is 1. The molecule has 5 nitrogen and oxygen atoms in total. The Bertz CT molecular complexity index is 531. The molecule has 2 aliphatic heterocycles. The zero-order chi connectivity index (χ0) is 14.8. The van der Waals surface area contributed by atoms with Crippen molar-refractivity contribution >= 4 is 5.97 Å². The Hall–Kier alpha value is -1.75. The van der Waals surface area contributed by atoms with Gasteiger partial charge < -0.3 is 14.6 Å². The summed E-state index contributed by atoms with van der Waals surface area (Å²) in [5.41, 5.74) is 1.08. The van der Waals surface area contributed by atoms with E-state index in [1.54, 1.807) is 7.11 Å². The summed E-state index contributed by atoms with van der Waals surface area (Å²) in [5.74, 6) is 0.881. The lowest BCUT2D eigenvalue weighted by Crippen LogP contribution is -2.38. The van der Waals surface area contributed by atoms with E-state index in [0.717, 1.165) is 49.3 Å². The van der Waals surface area contributed by atoms with E-state index in [-0.39, 0.29) is 12.1 Å². The minimum Gasteiger partial charge on any atom is -0.497 e. The van der Waals surface area contributed by atoms with Crippen molar-refractivity contribution in [2.75, 3.05) is 20.3 Å². The molecule has 0 saturated carbocycles. The van der Waals surface area contributed by atoms with Gasteiger partial charge in [-0.25, -0.2) is 0 Å². The normalized spacial score (nSPS) is 25.8. The highest BCUT2D eigenvalue weighted by Gasteiger charge is 2.37. The molecule has 114 valence electrons. The van der Waals surface area contributed by atoms with Crippen LogP contribution in [0.3, 0.4) is 0 Å². The molecule has 0 radical (unpaired) electrons. The van der Waals surface area contributed by atoms with Gasteiger partial charge >= 0.3 is 5.97 Å². The number of ether oxygens (including phenoxy) is 2. The van der Waals surface area contributed by atoms with E-state index in [9.17, 15) is 9.90 Å². The Morgan fingerprint density at radius 2 is 2.24 bits per heavy atom. The van der Waals surface area contributed by atoms with Crippen molar-refractivity contribution in [1.29, 1.82) is 0 Å². The highest BCUT2D eigenvalue weighted by Crippen LogP contribution is 2.40. The SMILES string of the molecule is COc1ccc2c(c1)OCCCC2N1CCCC1C(=O)O. The smallest absolute Gasteiger partial charge is 0.320 e. The van der Waals surface area contributed by atoms with Crippen LogP contribution in [-0.4, -0.2) is 42.3 Å². The molecule has 5 heteroatoms. The Labute approximate surface area is 124 Å². The lowest BCUT2D eigenvalue weighted by atomic mass is 9.99. The molecule has 2 atom stereocenters. The Balaban J connectivity index is 1.94. The van der Waals surface area contributed by atoms with Gasteiger partial charge in [0.05, 0.1) is 13.7 Å². The van der Waals surface area contributed by atoms with Crippen LogP contribution in [0.5, 0.6) is 11.5 Å². The molecule has 0 spiro atoms. The van der Waals surface area contributed by atoms with Crippen LogP contribution in [0.15, 0.2) is 18.2 Å². The van der Waals surface area contributed by atoms with Crippen LogP contribution in [-0.2, 0) is 4.79 Å². The molecule has 1 saturated heterocycles. The van der Waals surface area contributed by atoms with Gasteiger partial charge in [0.2, 0.25) is 0 Å². The van der Waals surface area contributed by atoms with E-state index < -0.39 is 5.97 Å². The molecule has 3 rings (SSSR count). The van der Waals surface area contributed by atoms with Gasteiger partial charge in [0, 0.05) is 17.7 Å².